The van der Waals surface area contributed by atoms with E-state index < -0.39 is 0 Å². The molecule has 100 valence electrons. The average molecular weight is 278 g/mol. The van der Waals surface area contributed by atoms with Crippen LogP contribution in [0, 0.1) is 0 Å². The van der Waals surface area contributed by atoms with Crippen LogP contribution in [0.2, 0.25) is 5.02 Å². The van der Waals surface area contributed by atoms with Crippen LogP contribution in [0.15, 0.2) is 34.7 Å². The fraction of sp³-hybridized carbons (Fsp3) is 0.267. The average Bonchev–Trinajstić information content (AvgIpc) is 2.90. The van der Waals surface area contributed by atoms with Gasteiger partial charge >= 0.3 is 0 Å². The van der Waals surface area contributed by atoms with E-state index in [0.717, 1.165) is 24.3 Å². The molecule has 0 bridgehead atoms. The van der Waals surface area contributed by atoms with Crippen molar-refractivity contribution in [1.82, 2.24) is 0 Å². The molecule has 0 aliphatic heterocycles. The van der Waals surface area contributed by atoms with Gasteiger partial charge in [0.1, 0.15) is 5.76 Å². The zero-order chi connectivity index (χ0) is 13.8. The summed E-state index contributed by atoms with van der Waals surface area (Å²) in [5.41, 5.74) is 1.88. The molecule has 0 aliphatic rings. The van der Waals surface area contributed by atoms with E-state index >= 15 is 0 Å². The molecule has 4 heteroatoms. The van der Waals surface area contributed by atoms with E-state index in [0.29, 0.717) is 22.8 Å². The summed E-state index contributed by atoms with van der Waals surface area (Å²) in [5, 5.41) is 0.685. The van der Waals surface area contributed by atoms with Gasteiger partial charge in [-0.1, -0.05) is 11.6 Å². The molecule has 0 atom stereocenters. The van der Waals surface area contributed by atoms with Crippen molar-refractivity contribution in [2.45, 2.75) is 13.8 Å². The summed E-state index contributed by atoms with van der Waals surface area (Å²) < 4.78 is 5.39. The summed E-state index contributed by atoms with van der Waals surface area (Å²) in [7, 11) is 0. The second-order valence-electron chi connectivity index (χ2n) is 4.16. The van der Waals surface area contributed by atoms with Crippen LogP contribution in [0.25, 0.3) is 11.3 Å². The van der Waals surface area contributed by atoms with Gasteiger partial charge in [-0.3, -0.25) is 4.79 Å². The maximum atomic E-state index is 10.6. The first-order chi connectivity index (χ1) is 9.19. The highest BCUT2D eigenvalue weighted by molar-refractivity contribution is 6.33. The van der Waals surface area contributed by atoms with E-state index in [4.69, 9.17) is 16.0 Å². The quantitative estimate of drug-likeness (QED) is 0.766. The van der Waals surface area contributed by atoms with Gasteiger partial charge in [0.15, 0.2) is 12.0 Å². The van der Waals surface area contributed by atoms with Gasteiger partial charge in [-0.25, -0.2) is 0 Å². The first-order valence-electron chi connectivity index (χ1n) is 6.29. The molecule has 0 saturated carbocycles. The van der Waals surface area contributed by atoms with Crippen LogP contribution in [0.1, 0.15) is 24.4 Å². The first kappa shape index (κ1) is 13.7. The maximum Gasteiger partial charge on any atom is 0.185 e. The SMILES string of the molecule is CCN(CC)c1ccc(-c2ccc(C=O)o2)cc1Cl. The lowest BCUT2D eigenvalue weighted by Gasteiger charge is -2.22. The summed E-state index contributed by atoms with van der Waals surface area (Å²) in [6.45, 7) is 6.00. The number of nitrogens with zero attached hydrogens (tertiary/aromatic N) is 1. The van der Waals surface area contributed by atoms with Gasteiger partial charge in [0.05, 0.1) is 10.7 Å². The molecule has 1 aromatic carbocycles. The number of carbonyl (C=O) groups is 1. The van der Waals surface area contributed by atoms with Crippen LogP contribution in [0.3, 0.4) is 0 Å². The highest BCUT2D eigenvalue weighted by Gasteiger charge is 2.10. The molecule has 0 N–H and O–H groups in total. The molecule has 2 rings (SSSR count). The Kier molecular flexibility index (Phi) is 4.27. The van der Waals surface area contributed by atoms with E-state index in [1.54, 1.807) is 12.1 Å². The van der Waals surface area contributed by atoms with Crippen molar-refractivity contribution < 1.29 is 9.21 Å². The second kappa shape index (κ2) is 5.93. The molecule has 3 nitrogen and oxygen atoms in total. The second-order valence-corrected chi connectivity index (χ2v) is 4.57. The molecule has 19 heavy (non-hydrogen) atoms. The summed E-state index contributed by atoms with van der Waals surface area (Å²) in [6.07, 6.45) is 0.690. The Bertz CT molecular complexity index is 573. The van der Waals surface area contributed by atoms with Crippen molar-refractivity contribution in [1.29, 1.82) is 0 Å². The topological polar surface area (TPSA) is 33.5 Å². The third-order valence-electron chi connectivity index (χ3n) is 3.08. The van der Waals surface area contributed by atoms with Gasteiger partial charge in [-0.2, -0.15) is 0 Å². The number of hydrogen-bond acceptors (Lipinski definition) is 3. The lowest BCUT2D eigenvalue weighted by atomic mass is 10.1. The van der Waals surface area contributed by atoms with Crippen LogP contribution in [-0.4, -0.2) is 19.4 Å². The van der Waals surface area contributed by atoms with E-state index in [9.17, 15) is 4.79 Å². The van der Waals surface area contributed by atoms with Gasteiger partial charge in [-0.05, 0) is 44.2 Å². The normalized spacial score (nSPS) is 10.5. The van der Waals surface area contributed by atoms with Crippen molar-refractivity contribution in [2.75, 3.05) is 18.0 Å². The van der Waals surface area contributed by atoms with E-state index in [-0.39, 0.29) is 0 Å². The molecule has 0 radical (unpaired) electrons. The molecule has 1 aromatic heterocycles. The summed E-state index contributed by atoms with van der Waals surface area (Å²) in [6, 6.07) is 9.21. The molecule has 2 aromatic rings. The lowest BCUT2D eigenvalue weighted by Crippen LogP contribution is -2.22. The standard InChI is InChI=1S/C15H16ClNO2/c1-3-17(4-2)14-7-5-11(9-13(14)16)15-8-6-12(10-18)19-15/h5-10H,3-4H2,1-2H3. The fourth-order valence-electron chi connectivity index (χ4n) is 2.05. The molecule has 0 spiro atoms. The monoisotopic (exact) mass is 277 g/mol. The Hall–Kier alpha value is -1.74. The van der Waals surface area contributed by atoms with Crippen LogP contribution in [-0.2, 0) is 0 Å². The van der Waals surface area contributed by atoms with E-state index in [2.05, 4.69) is 18.7 Å². The Balaban J connectivity index is 2.35. The highest BCUT2D eigenvalue weighted by Crippen LogP contribution is 2.31. The summed E-state index contributed by atoms with van der Waals surface area (Å²) in [4.78, 5) is 12.8. The lowest BCUT2D eigenvalue weighted by molar-refractivity contribution is 0.110. The fourth-order valence-corrected chi connectivity index (χ4v) is 2.35. The van der Waals surface area contributed by atoms with Gasteiger partial charge < -0.3 is 9.32 Å². The highest BCUT2D eigenvalue weighted by atomic mass is 35.5. The molecule has 0 aliphatic carbocycles. The minimum Gasteiger partial charge on any atom is -0.453 e. The molecule has 0 fully saturated rings. The van der Waals surface area contributed by atoms with Crippen LogP contribution in [0.4, 0.5) is 5.69 Å². The molecular weight excluding hydrogens is 262 g/mol. The minimum absolute atomic E-state index is 0.318. The summed E-state index contributed by atoms with van der Waals surface area (Å²) in [5.74, 6) is 0.967. The van der Waals surface area contributed by atoms with Gasteiger partial charge in [0.2, 0.25) is 0 Å². The van der Waals surface area contributed by atoms with Crippen molar-refractivity contribution in [3.05, 3.63) is 41.1 Å². The predicted molar refractivity (Wildman–Crippen MR) is 78.1 cm³/mol. The van der Waals surface area contributed by atoms with Crippen molar-refractivity contribution in [3.63, 3.8) is 0 Å². The van der Waals surface area contributed by atoms with Gasteiger partial charge in [0.25, 0.3) is 0 Å². The molecule has 0 saturated heterocycles. The number of halogens is 1. The maximum absolute atomic E-state index is 10.6. The number of rotatable bonds is 5. The minimum atomic E-state index is 0.318. The Morgan fingerprint density at radius 3 is 2.47 bits per heavy atom. The Morgan fingerprint density at radius 1 is 1.21 bits per heavy atom. The molecule has 0 unspecified atom stereocenters. The molecular formula is C15H16ClNO2. The van der Waals surface area contributed by atoms with E-state index in [1.807, 2.05) is 18.2 Å². The smallest absolute Gasteiger partial charge is 0.185 e. The third-order valence-corrected chi connectivity index (χ3v) is 3.38. The first-order valence-corrected chi connectivity index (χ1v) is 6.67. The largest absolute Gasteiger partial charge is 0.453 e. The molecule has 0 amide bonds. The summed E-state index contributed by atoms with van der Waals surface area (Å²) >= 11 is 6.32. The van der Waals surface area contributed by atoms with Gasteiger partial charge in [0, 0.05) is 18.7 Å². The number of aldehydes is 1. The van der Waals surface area contributed by atoms with Crippen LogP contribution in [0.5, 0.6) is 0 Å². The van der Waals surface area contributed by atoms with Crippen LogP contribution < -0.4 is 4.90 Å². The number of carbonyl (C=O) groups excluding carboxylic acids is 1. The Morgan fingerprint density at radius 2 is 1.95 bits per heavy atom. The van der Waals surface area contributed by atoms with Crippen LogP contribution >= 0.6 is 11.6 Å². The van der Waals surface area contributed by atoms with Crippen molar-refractivity contribution >= 4 is 23.6 Å². The van der Waals surface area contributed by atoms with Crippen molar-refractivity contribution in [3.8, 4) is 11.3 Å². The number of furan rings is 1. The van der Waals surface area contributed by atoms with E-state index in [1.165, 1.54) is 0 Å². The Labute approximate surface area is 117 Å². The molecule has 1 heterocycles. The number of benzene rings is 1. The predicted octanol–water partition coefficient (Wildman–Crippen LogP) is 4.26. The zero-order valence-corrected chi connectivity index (χ0v) is 11.8. The van der Waals surface area contributed by atoms with Crippen molar-refractivity contribution in [2.24, 2.45) is 0 Å². The van der Waals surface area contributed by atoms with Gasteiger partial charge in [-0.15, -0.1) is 0 Å². The number of hydrogen-bond donors (Lipinski definition) is 0. The zero-order valence-electron chi connectivity index (χ0n) is 11.0. The third kappa shape index (κ3) is 2.82. The number of anilines is 1.